The van der Waals surface area contributed by atoms with Gasteiger partial charge in [0.1, 0.15) is 0 Å². The van der Waals surface area contributed by atoms with E-state index in [9.17, 15) is 23.1 Å². The molecule has 148 valence electrons. The van der Waals surface area contributed by atoms with Gasteiger partial charge in [-0.15, -0.1) is 0 Å². The maximum atomic E-state index is 12.9. The predicted molar refractivity (Wildman–Crippen MR) is 101 cm³/mol. The zero-order valence-electron chi connectivity index (χ0n) is 14.8. The van der Waals surface area contributed by atoms with E-state index in [0.717, 1.165) is 23.5 Å². The smallest absolute Gasteiger partial charge is 0.416 e. The molecule has 1 N–H and O–H groups in total. The minimum Gasteiger partial charge on any atom is -0.481 e. The number of aliphatic carboxylic acids is 1. The number of carbonyl (C=O) groups is 1. The molecular weight excluding hydrogens is 393 g/mol. The molecule has 0 aromatic heterocycles. The fraction of sp³-hybridized carbons (Fsp3) is 0.350. The molecule has 2 aromatic carbocycles. The van der Waals surface area contributed by atoms with Crippen molar-refractivity contribution >= 4 is 34.6 Å². The maximum absolute atomic E-state index is 12.9. The number of alkyl halides is 3. The molecule has 2 atom stereocenters. The van der Waals surface area contributed by atoms with E-state index < -0.39 is 23.6 Å². The number of carboxylic acid groups (broad SMARTS) is 1. The largest absolute Gasteiger partial charge is 0.481 e. The number of carboxylic acids is 1. The summed E-state index contributed by atoms with van der Waals surface area (Å²) in [5.41, 5.74) is 1.65. The van der Waals surface area contributed by atoms with Gasteiger partial charge in [-0.1, -0.05) is 11.6 Å². The van der Waals surface area contributed by atoms with Gasteiger partial charge in [0.25, 0.3) is 0 Å². The van der Waals surface area contributed by atoms with Gasteiger partial charge < -0.3 is 14.9 Å². The van der Waals surface area contributed by atoms with Gasteiger partial charge in [-0.2, -0.15) is 13.2 Å². The molecule has 0 spiro atoms. The molecule has 28 heavy (non-hydrogen) atoms. The Hall–Kier alpha value is -2.41. The molecule has 0 saturated carbocycles. The minimum atomic E-state index is -4.39. The van der Waals surface area contributed by atoms with E-state index in [0.29, 0.717) is 36.6 Å². The first-order chi connectivity index (χ1) is 13.2. The number of hydrogen-bond donors (Lipinski definition) is 1. The first-order valence-electron chi connectivity index (χ1n) is 8.98. The van der Waals surface area contributed by atoms with Crippen molar-refractivity contribution in [1.82, 2.24) is 0 Å². The van der Waals surface area contributed by atoms with E-state index >= 15 is 0 Å². The van der Waals surface area contributed by atoms with Crippen LogP contribution in [0.15, 0.2) is 42.5 Å². The van der Waals surface area contributed by atoms with Crippen molar-refractivity contribution in [2.45, 2.75) is 25.1 Å². The normalized spacial score (nSPS) is 21.9. The summed E-state index contributed by atoms with van der Waals surface area (Å²) < 4.78 is 38.7. The van der Waals surface area contributed by atoms with Crippen molar-refractivity contribution in [3.05, 3.63) is 53.1 Å². The van der Waals surface area contributed by atoms with Gasteiger partial charge in [-0.3, -0.25) is 4.79 Å². The topological polar surface area (TPSA) is 43.8 Å². The van der Waals surface area contributed by atoms with Crippen LogP contribution in [0.4, 0.5) is 30.2 Å². The number of nitrogens with zero attached hydrogens (tertiary/aromatic N) is 2. The lowest BCUT2D eigenvalue weighted by Gasteiger charge is -2.48. The Kier molecular flexibility index (Phi) is 4.65. The molecule has 2 aromatic rings. The van der Waals surface area contributed by atoms with Crippen molar-refractivity contribution in [2.75, 3.05) is 22.9 Å². The Morgan fingerprint density at radius 3 is 2.46 bits per heavy atom. The molecule has 1 saturated heterocycles. The molecule has 1 fully saturated rings. The van der Waals surface area contributed by atoms with Crippen LogP contribution < -0.4 is 9.80 Å². The number of hydrogen-bond acceptors (Lipinski definition) is 3. The van der Waals surface area contributed by atoms with Gasteiger partial charge in [0.15, 0.2) is 0 Å². The van der Waals surface area contributed by atoms with Gasteiger partial charge in [-0.25, -0.2) is 0 Å². The lowest BCUT2D eigenvalue weighted by Crippen LogP contribution is -2.52. The third-order valence-electron chi connectivity index (χ3n) is 5.50. The lowest BCUT2D eigenvalue weighted by atomic mass is 9.88. The van der Waals surface area contributed by atoms with E-state index in [4.69, 9.17) is 11.6 Å². The molecule has 0 bridgehead atoms. The van der Waals surface area contributed by atoms with Crippen LogP contribution in [-0.2, 0) is 11.0 Å². The second-order valence-electron chi connectivity index (χ2n) is 7.20. The fourth-order valence-corrected chi connectivity index (χ4v) is 4.27. The van der Waals surface area contributed by atoms with Crippen molar-refractivity contribution in [3.8, 4) is 0 Å². The van der Waals surface area contributed by atoms with E-state index in [1.165, 1.54) is 12.1 Å². The molecule has 2 aliphatic heterocycles. The van der Waals surface area contributed by atoms with Crippen LogP contribution >= 0.6 is 11.6 Å². The molecule has 0 unspecified atom stereocenters. The first kappa shape index (κ1) is 18.9. The summed E-state index contributed by atoms with van der Waals surface area (Å²) in [6.07, 6.45) is -3.33. The summed E-state index contributed by atoms with van der Waals surface area (Å²) in [7, 11) is 0. The highest BCUT2D eigenvalue weighted by atomic mass is 35.5. The highest BCUT2D eigenvalue weighted by Crippen LogP contribution is 2.44. The van der Waals surface area contributed by atoms with Crippen molar-refractivity contribution < 1.29 is 23.1 Å². The van der Waals surface area contributed by atoms with E-state index in [1.807, 2.05) is 11.0 Å². The number of fused-ring (bicyclic) bond motifs is 3. The SMILES string of the molecule is O=C(O)[C@H]1CCN2c3ccc(Cl)cc3N(c3ccc(C(F)(F)F)cc3)C[C@@H]2C1. The summed E-state index contributed by atoms with van der Waals surface area (Å²) >= 11 is 6.18. The molecule has 4 nitrogen and oxygen atoms in total. The number of anilines is 3. The first-order valence-corrected chi connectivity index (χ1v) is 9.35. The van der Waals surface area contributed by atoms with Crippen LogP contribution in [-0.4, -0.2) is 30.2 Å². The number of halogens is 4. The summed E-state index contributed by atoms with van der Waals surface area (Å²) in [6, 6.07) is 10.4. The molecule has 0 amide bonds. The maximum Gasteiger partial charge on any atom is 0.416 e. The summed E-state index contributed by atoms with van der Waals surface area (Å²) in [4.78, 5) is 15.6. The Bertz CT molecular complexity index is 901. The van der Waals surface area contributed by atoms with Gasteiger partial charge in [-0.05, 0) is 55.3 Å². The fourth-order valence-electron chi connectivity index (χ4n) is 4.11. The highest BCUT2D eigenvalue weighted by molar-refractivity contribution is 6.31. The Morgan fingerprint density at radius 2 is 1.82 bits per heavy atom. The van der Waals surface area contributed by atoms with Crippen LogP contribution in [0.3, 0.4) is 0 Å². The van der Waals surface area contributed by atoms with E-state index in [1.54, 1.807) is 12.1 Å². The van der Waals surface area contributed by atoms with Crippen molar-refractivity contribution in [2.24, 2.45) is 5.92 Å². The van der Waals surface area contributed by atoms with Crippen molar-refractivity contribution in [1.29, 1.82) is 0 Å². The van der Waals surface area contributed by atoms with E-state index in [-0.39, 0.29) is 6.04 Å². The Morgan fingerprint density at radius 1 is 1.11 bits per heavy atom. The third-order valence-corrected chi connectivity index (χ3v) is 5.74. The van der Waals surface area contributed by atoms with Crippen molar-refractivity contribution in [3.63, 3.8) is 0 Å². The molecule has 4 rings (SSSR count). The van der Waals surface area contributed by atoms with Gasteiger partial charge in [0.2, 0.25) is 0 Å². The Labute approximate surface area is 165 Å². The second kappa shape index (κ2) is 6.88. The monoisotopic (exact) mass is 410 g/mol. The molecular formula is C20H18ClF3N2O2. The third kappa shape index (κ3) is 3.39. The average molecular weight is 411 g/mol. The molecule has 0 aliphatic carbocycles. The Balaban J connectivity index is 1.72. The quantitative estimate of drug-likeness (QED) is 0.740. The zero-order chi connectivity index (χ0) is 20.1. The molecule has 0 radical (unpaired) electrons. The van der Waals surface area contributed by atoms with Crippen LogP contribution in [0, 0.1) is 5.92 Å². The van der Waals surface area contributed by atoms with Crippen LogP contribution in [0.1, 0.15) is 18.4 Å². The predicted octanol–water partition coefficient (Wildman–Crippen LogP) is 5.18. The average Bonchev–Trinajstić information content (AvgIpc) is 2.66. The molecule has 2 aliphatic rings. The zero-order valence-corrected chi connectivity index (χ0v) is 15.5. The molecule has 8 heteroatoms. The van der Waals surface area contributed by atoms with Crippen LogP contribution in [0.2, 0.25) is 5.02 Å². The minimum absolute atomic E-state index is 0.0363. The lowest BCUT2D eigenvalue weighted by molar-refractivity contribution is -0.142. The summed E-state index contributed by atoms with van der Waals surface area (Å²) in [6.45, 7) is 1.11. The van der Waals surface area contributed by atoms with E-state index in [2.05, 4.69) is 4.90 Å². The van der Waals surface area contributed by atoms with Gasteiger partial charge in [0.05, 0.1) is 22.9 Å². The van der Waals surface area contributed by atoms with Gasteiger partial charge >= 0.3 is 12.1 Å². The second-order valence-corrected chi connectivity index (χ2v) is 7.63. The number of piperidine rings is 1. The number of benzene rings is 2. The molecule has 2 heterocycles. The van der Waals surface area contributed by atoms with Crippen LogP contribution in [0.25, 0.3) is 0 Å². The van der Waals surface area contributed by atoms with Gasteiger partial charge in [0, 0.05) is 29.8 Å². The standard InChI is InChI=1S/C20H18ClF3N2O2/c21-14-3-6-17-18(10-14)26(15-4-1-13(2-5-15)20(22,23)24)11-16-9-12(19(27)28)7-8-25(16)17/h1-6,10,12,16H,7-9,11H2,(H,27,28)/t12-,16-/m0/s1. The number of rotatable bonds is 2. The van der Waals surface area contributed by atoms with Crippen LogP contribution in [0.5, 0.6) is 0 Å². The summed E-state index contributed by atoms with van der Waals surface area (Å²) in [5.74, 6) is -1.22. The summed E-state index contributed by atoms with van der Waals surface area (Å²) in [5, 5.41) is 9.93. The highest BCUT2D eigenvalue weighted by Gasteiger charge is 2.38.